The van der Waals surface area contributed by atoms with E-state index in [0.29, 0.717) is 0 Å². The molecule has 0 N–H and O–H groups in total. The van der Waals surface area contributed by atoms with E-state index in [9.17, 15) is 0 Å². The second-order valence-corrected chi connectivity index (χ2v) is 6.35. The van der Waals surface area contributed by atoms with Gasteiger partial charge in [-0.25, -0.2) is 0 Å². The Morgan fingerprint density at radius 2 is 1.12 bits per heavy atom. The average Bonchev–Trinajstić information content (AvgIpc) is 2.65. The number of unbranched alkanes of at least 4 members (excludes halogenated alkanes) is 2. The molecule has 128 valence electrons. The molecule has 2 rings (SSSR count). The van der Waals surface area contributed by atoms with Crippen molar-refractivity contribution < 1.29 is 0 Å². The summed E-state index contributed by atoms with van der Waals surface area (Å²) in [5.74, 6) is 13.0. The molecular formula is C25H28. The first kappa shape index (κ1) is 18.9. The maximum absolute atomic E-state index is 3.26. The Hall–Kier alpha value is -2.44. The molecule has 0 fully saturated rings. The van der Waals surface area contributed by atoms with Crippen LogP contribution in [0, 0.1) is 23.7 Å². The topological polar surface area (TPSA) is 0 Å². The lowest BCUT2D eigenvalue weighted by Gasteiger charge is -1.99. The summed E-state index contributed by atoms with van der Waals surface area (Å²) in [6, 6.07) is 17.2. The molecule has 0 nitrogen and oxygen atoms in total. The van der Waals surface area contributed by atoms with E-state index >= 15 is 0 Å². The fourth-order valence-electron chi connectivity index (χ4n) is 2.63. The second-order valence-electron chi connectivity index (χ2n) is 6.35. The van der Waals surface area contributed by atoms with Crippen LogP contribution in [0.1, 0.15) is 68.2 Å². The Bertz CT molecular complexity index is 740. The van der Waals surface area contributed by atoms with Crippen LogP contribution in [0.4, 0.5) is 0 Å². The lowest BCUT2D eigenvalue weighted by Crippen LogP contribution is -1.85. The van der Waals surface area contributed by atoms with Gasteiger partial charge in [0, 0.05) is 24.0 Å². The lowest BCUT2D eigenvalue weighted by molar-refractivity contribution is 0.855. The van der Waals surface area contributed by atoms with E-state index < -0.39 is 0 Å². The van der Waals surface area contributed by atoms with Gasteiger partial charge in [0.15, 0.2) is 0 Å². The van der Waals surface area contributed by atoms with Gasteiger partial charge < -0.3 is 0 Å². The quantitative estimate of drug-likeness (QED) is 0.440. The molecule has 0 heterocycles. The highest BCUT2D eigenvalue weighted by Gasteiger charge is 1.94. The zero-order valence-electron chi connectivity index (χ0n) is 15.6. The van der Waals surface area contributed by atoms with Gasteiger partial charge in [-0.1, -0.05) is 56.4 Å². The van der Waals surface area contributed by atoms with Crippen molar-refractivity contribution in [3.63, 3.8) is 0 Å². The molecule has 0 aromatic heterocycles. The smallest absolute Gasteiger partial charge is 0.0249 e. The minimum atomic E-state index is 0.996. The molecule has 2 aromatic carbocycles. The predicted octanol–water partition coefficient (Wildman–Crippen LogP) is 6.17. The molecule has 0 heteroatoms. The molecule has 0 bridgehead atoms. The van der Waals surface area contributed by atoms with E-state index in [-0.39, 0.29) is 0 Å². The molecule has 0 amide bonds. The third-order valence-electron chi connectivity index (χ3n) is 4.06. The van der Waals surface area contributed by atoms with Crippen LogP contribution in [0.3, 0.4) is 0 Å². The predicted molar refractivity (Wildman–Crippen MR) is 108 cm³/mol. The summed E-state index contributed by atoms with van der Waals surface area (Å²) in [4.78, 5) is 0. The number of rotatable bonds is 6. The molecule has 2 aromatic rings. The standard InChI is InChI=1S/C25H28/c1-3-5-6-7-8-9-11-23-14-18-25(19-15-23)21-20-24-16-12-22(10-4-2)13-17-24/h12-19H,3-5,8-11H2,1-2H3. The van der Waals surface area contributed by atoms with E-state index in [0.717, 1.165) is 49.7 Å². The van der Waals surface area contributed by atoms with Crippen LogP contribution in [0.2, 0.25) is 0 Å². The fraction of sp³-hybridized carbons (Fsp3) is 0.360. The second kappa shape index (κ2) is 11.2. The summed E-state index contributed by atoms with van der Waals surface area (Å²) < 4.78 is 0. The Morgan fingerprint density at radius 3 is 1.64 bits per heavy atom. The first-order valence-corrected chi connectivity index (χ1v) is 9.47. The highest BCUT2D eigenvalue weighted by molar-refractivity contribution is 5.44. The van der Waals surface area contributed by atoms with Crippen molar-refractivity contribution in [1.29, 1.82) is 0 Å². The van der Waals surface area contributed by atoms with Crippen molar-refractivity contribution >= 4 is 0 Å². The van der Waals surface area contributed by atoms with Crippen molar-refractivity contribution in [2.75, 3.05) is 0 Å². The van der Waals surface area contributed by atoms with Gasteiger partial charge in [0.1, 0.15) is 0 Å². The number of hydrogen-bond donors (Lipinski definition) is 0. The Balaban J connectivity index is 1.85. The normalized spacial score (nSPS) is 9.68. The first-order chi connectivity index (χ1) is 12.3. The van der Waals surface area contributed by atoms with Gasteiger partial charge in [0.05, 0.1) is 0 Å². The maximum Gasteiger partial charge on any atom is 0.0249 e. The van der Waals surface area contributed by atoms with Crippen molar-refractivity contribution in [2.24, 2.45) is 0 Å². The number of aryl methyl sites for hydroxylation is 2. The highest BCUT2D eigenvalue weighted by Crippen LogP contribution is 2.09. The minimum absolute atomic E-state index is 0.996. The monoisotopic (exact) mass is 328 g/mol. The molecule has 0 spiro atoms. The molecule has 0 radical (unpaired) electrons. The summed E-state index contributed by atoms with van der Waals surface area (Å²) in [5, 5.41) is 0. The minimum Gasteiger partial charge on any atom is -0.103 e. The maximum atomic E-state index is 3.26. The Kier molecular flexibility index (Phi) is 8.44. The third kappa shape index (κ3) is 7.32. The van der Waals surface area contributed by atoms with Crippen molar-refractivity contribution in [1.82, 2.24) is 0 Å². The molecule has 0 saturated carbocycles. The Labute approximate surface area is 153 Å². The molecule has 0 atom stereocenters. The van der Waals surface area contributed by atoms with Crippen molar-refractivity contribution in [3.8, 4) is 23.7 Å². The van der Waals surface area contributed by atoms with E-state index in [1.165, 1.54) is 17.5 Å². The zero-order valence-corrected chi connectivity index (χ0v) is 15.6. The Morgan fingerprint density at radius 1 is 0.600 bits per heavy atom. The summed E-state index contributed by atoms with van der Waals surface area (Å²) in [7, 11) is 0. The van der Waals surface area contributed by atoms with Crippen molar-refractivity contribution in [2.45, 2.75) is 58.8 Å². The molecule has 25 heavy (non-hydrogen) atoms. The summed E-state index contributed by atoms with van der Waals surface area (Å²) in [6.45, 7) is 4.37. The SMILES string of the molecule is CCCC#CCCCc1ccc(C#Cc2ccc(CCC)cc2)cc1. The van der Waals surface area contributed by atoms with Gasteiger partial charge in [0.25, 0.3) is 0 Å². The molecule has 0 saturated heterocycles. The van der Waals surface area contributed by atoms with E-state index in [1.54, 1.807) is 0 Å². The largest absolute Gasteiger partial charge is 0.103 e. The molecule has 0 unspecified atom stereocenters. The van der Waals surface area contributed by atoms with Gasteiger partial charge in [-0.3, -0.25) is 0 Å². The third-order valence-corrected chi connectivity index (χ3v) is 4.06. The number of benzene rings is 2. The molecular weight excluding hydrogens is 300 g/mol. The van der Waals surface area contributed by atoms with Crippen LogP contribution < -0.4 is 0 Å². The van der Waals surface area contributed by atoms with Gasteiger partial charge in [-0.2, -0.15) is 0 Å². The fourth-order valence-corrected chi connectivity index (χ4v) is 2.63. The van der Waals surface area contributed by atoms with E-state index in [4.69, 9.17) is 0 Å². The average molecular weight is 328 g/mol. The van der Waals surface area contributed by atoms with Gasteiger partial charge in [0.2, 0.25) is 0 Å². The van der Waals surface area contributed by atoms with Crippen LogP contribution in [0.25, 0.3) is 0 Å². The van der Waals surface area contributed by atoms with Gasteiger partial charge >= 0.3 is 0 Å². The van der Waals surface area contributed by atoms with Crippen LogP contribution in [0.15, 0.2) is 48.5 Å². The highest BCUT2D eigenvalue weighted by atomic mass is 14.0. The van der Waals surface area contributed by atoms with Gasteiger partial charge in [-0.05, 0) is 61.1 Å². The number of hydrogen-bond acceptors (Lipinski definition) is 0. The zero-order chi connectivity index (χ0) is 17.7. The van der Waals surface area contributed by atoms with Crippen molar-refractivity contribution in [3.05, 3.63) is 70.8 Å². The lowest BCUT2D eigenvalue weighted by atomic mass is 10.1. The van der Waals surface area contributed by atoms with Crippen LogP contribution >= 0.6 is 0 Å². The van der Waals surface area contributed by atoms with Crippen LogP contribution in [0.5, 0.6) is 0 Å². The van der Waals surface area contributed by atoms with Crippen LogP contribution in [-0.2, 0) is 12.8 Å². The summed E-state index contributed by atoms with van der Waals surface area (Å²) >= 11 is 0. The molecule has 0 aliphatic rings. The van der Waals surface area contributed by atoms with Crippen LogP contribution in [-0.4, -0.2) is 0 Å². The summed E-state index contributed by atoms with van der Waals surface area (Å²) in [5.41, 5.74) is 4.90. The first-order valence-electron chi connectivity index (χ1n) is 9.47. The summed E-state index contributed by atoms with van der Waals surface area (Å²) in [6.07, 6.45) is 7.71. The van der Waals surface area contributed by atoms with Gasteiger partial charge in [-0.15, -0.1) is 11.8 Å². The van der Waals surface area contributed by atoms with E-state index in [1.807, 2.05) is 0 Å². The van der Waals surface area contributed by atoms with E-state index in [2.05, 4.69) is 86.1 Å². The molecule has 0 aliphatic heterocycles. The molecule has 0 aliphatic carbocycles.